The monoisotopic (exact) mass is 301 g/mol. The van der Waals surface area contributed by atoms with Gasteiger partial charge in [-0.3, -0.25) is 9.59 Å². The molecule has 1 N–H and O–H groups in total. The third-order valence-corrected chi connectivity index (χ3v) is 3.48. The first kappa shape index (κ1) is 16.2. The Hall–Kier alpha value is -2.17. The van der Waals surface area contributed by atoms with E-state index in [1.165, 1.54) is 4.68 Å². The maximum Gasteiger partial charge on any atom is 0.274 e. The zero-order valence-electron chi connectivity index (χ0n) is 13.4. The molecule has 0 aliphatic heterocycles. The van der Waals surface area contributed by atoms with Crippen molar-refractivity contribution in [2.75, 3.05) is 6.54 Å². The highest BCUT2D eigenvalue weighted by molar-refractivity contribution is 6.04. The van der Waals surface area contributed by atoms with Crippen LogP contribution in [0.25, 0.3) is 10.8 Å². The molecule has 0 aliphatic carbocycles. The minimum Gasteiger partial charge on any atom is -0.350 e. The van der Waals surface area contributed by atoms with E-state index < -0.39 is 0 Å². The molecule has 2 rings (SSSR count). The number of nitrogens with one attached hydrogen (secondary N) is 1. The Kier molecular flexibility index (Phi) is 5.31. The van der Waals surface area contributed by atoms with E-state index in [9.17, 15) is 9.59 Å². The summed E-state index contributed by atoms with van der Waals surface area (Å²) < 4.78 is 1.41. The lowest BCUT2D eigenvalue weighted by molar-refractivity contribution is 0.0943. The number of hydrogen-bond acceptors (Lipinski definition) is 3. The minimum atomic E-state index is -0.227. The minimum absolute atomic E-state index is 0.135. The van der Waals surface area contributed by atoms with Crippen LogP contribution in [0.15, 0.2) is 29.1 Å². The highest BCUT2D eigenvalue weighted by Gasteiger charge is 2.16. The normalized spacial score (nSPS) is 11.1. The summed E-state index contributed by atoms with van der Waals surface area (Å²) in [4.78, 5) is 24.9. The van der Waals surface area contributed by atoms with E-state index >= 15 is 0 Å². The largest absolute Gasteiger partial charge is 0.350 e. The van der Waals surface area contributed by atoms with E-state index in [1.54, 1.807) is 12.1 Å². The van der Waals surface area contributed by atoms with Crippen molar-refractivity contribution in [2.24, 2.45) is 5.92 Å². The number of carbonyl (C=O) groups is 1. The summed E-state index contributed by atoms with van der Waals surface area (Å²) in [6, 6.07) is 7.15. The third kappa shape index (κ3) is 3.53. The second kappa shape index (κ2) is 7.20. The molecular formula is C17H23N3O2. The fourth-order valence-electron chi connectivity index (χ4n) is 2.24. The van der Waals surface area contributed by atoms with Crippen LogP contribution < -0.4 is 10.9 Å². The summed E-state index contributed by atoms with van der Waals surface area (Å²) >= 11 is 0. The van der Waals surface area contributed by atoms with Crippen LogP contribution in [0.2, 0.25) is 0 Å². The number of hydrogen-bond donors (Lipinski definition) is 1. The smallest absolute Gasteiger partial charge is 0.274 e. The predicted molar refractivity (Wildman–Crippen MR) is 88.1 cm³/mol. The molecular weight excluding hydrogens is 278 g/mol. The van der Waals surface area contributed by atoms with Crippen molar-refractivity contribution in [2.45, 2.75) is 40.2 Å². The number of carbonyl (C=O) groups excluding carboxylic acids is 1. The summed E-state index contributed by atoms with van der Waals surface area (Å²) in [6.45, 7) is 7.25. The summed E-state index contributed by atoms with van der Waals surface area (Å²) in [6.07, 6.45) is 1.83. The van der Waals surface area contributed by atoms with Gasteiger partial charge in [-0.25, -0.2) is 4.68 Å². The number of nitrogens with zero attached hydrogens (tertiary/aromatic N) is 2. The van der Waals surface area contributed by atoms with Crippen molar-refractivity contribution in [3.05, 3.63) is 40.3 Å². The highest BCUT2D eigenvalue weighted by Crippen LogP contribution is 2.13. The van der Waals surface area contributed by atoms with Gasteiger partial charge < -0.3 is 5.32 Å². The Morgan fingerprint density at radius 2 is 1.95 bits per heavy atom. The van der Waals surface area contributed by atoms with Gasteiger partial charge >= 0.3 is 0 Å². The van der Waals surface area contributed by atoms with E-state index in [0.717, 1.165) is 12.8 Å². The molecule has 1 aromatic heterocycles. The van der Waals surface area contributed by atoms with E-state index in [-0.39, 0.29) is 11.5 Å². The Bertz CT molecular complexity index is 719. The van der Waals surface area contributed by atoms with Crippen LogP contribution in [-0.4, -0.2) is 22.2 Å². The molecule has 0 aliphatic rings. The fourth-order valence-corrected chi connectivity index (χ4v) is 2.24. The van der Waals surface area contributed by atoms with Gasteiger partial charge in [0.2, 0.25) is 0 Å². The number of aryl methyl sites for hydroxylation is 1. The van der Waals surface area contributed by atoms with Crippen molar-refractivity contribution >= 4 is 16.7 Å². The number of benzene rings is 1. The second-order valence-electron chi connectivity index (χ2n) is 5.88. The summed E-state index contributed by atoms with van der Waals surface area (Å²) in [5, 5.41) is 8.34. The van der Waals surface area contributed by atoms with Crippen molar-refractivity contribution in [3.63, 3.8) is 0 Å². The van der Waals surface area contributed by atoms with E-state index in [0.29, 0.717) is 35.5 Å². The second-order valence-corrected chi connectivity index (χ2v) is 5.88. The molecule has 1 aromatic carbocycles. The van der Waals surface area contributed by atoms with Gasteiger partial charge in [-0.1, -0.05) is 45.4 Å². The van der Waals surface area contributed by atoms with Gasteiger partial charge in [0, 0.05) is 18.5 Å². The van der Waals surface area contributed by atoms with Crippen LogP contribution in [0.4, 0.5) is 0 Å². The van der Waals surface area contributed by atoms with Gasteiger partial charge in [0.25, 0.3) is 11.5 Å². The molecule has 5 heteroatoms. The molecule has 0 radical (unpaired) electrons. The van der Waals surface area contributed by atoms with Crippen LogP contribution in [0.3, 0.4) is 0 Å². The molecule has 2 aromatic rings. The molecule has 0 atom stereocenters. The Balaban J connectivity index is 2.49. The number of fused-ring (bicyclic) bond motifs is 1. The van der Waals surface area contributed by atoms with E-state index in [2.05, 4.69) is 17.3 Å². The van der Waals surface area contributed by atoms with Gasteiger partial charge in [0.15, 0.2) is 5.69 Å². The summed E-state index contributed by atoms with van der Waals surface area (Å²) in [5.74, 6) is 0.136. The van der Waals surface area contributed by atoms with Crippen LogP contribution in [0.1, 0.15) is 44.1 Å². The lowest BCUT2D eigenvalue weighted by atomic mass is 10.1. The zero-order chi connectivity index (χ0) is 16.1. The molecule has 1 heterocycles. The average molecular weight is 301 g/mol. The first-order valence-corrected chi connectivity index (χ1v) is 7.82. The van der Waals surface area contributed by atoms with Crippen LogP contribution in [0, 0.1) is 5.92 Å². The van der Waals surface area contributed by atoms with Gasteiger partial charge in [0.05, 0.1) is 5.39 Å². The molecule has 0 spiro atoms. The molecule has 0 saturated carbocycles. The molecule has 1 amide bonds. The highest BCUT2D eigenvalue weighted by atomic mass is 16.2. The number of rotatable bonds is 6. The molecule has 0 fully saturated rings. The standard InChI is InChI=1S/C17H23N3O2/c1-4-5-10-20-17(22)14-9-7-6-8-13(14)15(19-20)16(21)18-11-12(2)3/h6-9,12H,4-5,10-11H2,1-3H3,(H,18,21). The van der Waals surface area contributed by atoms with Gasteiger partial charge in [0.1, 0.15) is 0 Å². The topological polar surface area (TPSA) is 64.0 Å². The third-order valence-electron chi connectivity index (χ3n) is 3.48. The first-order valence-electron chi connectivity index (χ1n) is 7.82. The Morgan fingerprint density at radius 3 is 2.59 bits per heavy atom. The maximum absolute atomic E-state index is 12.4. The molecule has 0 unspecified atom stereocenters. The maximum atomic E-state index is 12.4. The molecule has 118 valence electrons. The number of unbranched alkanes of at least 4 members (excludes halogenated alkanes) is 1. The Labute approximate surface area is 130 Å². The quantitative estimate of drug-likeness (QED) is 0.892. The van der Waals surface area contributed by atoms with Crippen molar-refractivity contribution in [3.8, 4) is 0 Å². The molecule has 5 nitrogen and oxygen atoms in total. The zero-order valence-corrected chi connectivity index (χ0v) is 13.4. The average Bonchev–Trinajstić information content (AvgIpc) is 2.52. The van der Waals surface area contributed by atoms with Crippen molar-refractivity contribution in [1.29, 1.82) is 0 Å². The van der Waals surface area contributed by atoms with Crippen LogP contribution >= 0.6 is 0 Å². The van der Waals surface area contributed by atoms with Gasteiger partial charge in [-0.15, -0.1) is 0 Å². The lowest BCUT2D eigenvalue weighted by Gasteiger charge is -2.12. The number of aromatic nitrogens is 2. The summed E-state index contributed by atoms with van der Waals surface area (Å²) in [5.41, 5.74) is 0.191. The molecule has 0 bridgehead atoms. The van der Waals surface area contributed by atoms with E-state index in [1.807, 2.05) is 26.0 Å². The lowest BCUT2D eigenvalue weighted by Crippen LogP contribution is -2.32. The van der Waals surface area contributed by atoms with Crippen molar-refractivity contribution in [1.82, 2.24) is 15.1 Å². The first-order chi connectivity index (χ1) is 10.5. The van der Waals surface area contributed by atoms with Crippen molar-refractivity contribution < 1.29 is 4.79 Å². The van der Waals surface area contributed by atoms with E-state index in [4.69, 9.17) is 0 Å². The SMILES string of the molecule is CCCCn1nc(C(=O)NCC(C)C)c2ccccc2c1=O. The molecule has 0 saturated heterocycles. The summed E-state index contributed by atoms with van der Waals surface area (Å²) in [7, 11) is 0. The fraction of sp³-hybridized carbons (Fsp3) is 0.471. The number of amides is 1. The van der Waals surface area contributed by atoms with Gasteiger partial charge in [-0.2, -0.15) is 5.10 Å². The van der Waals surface area contributed by atoms with Crippen LogP contribution in [0.5, 0.6) is 0 Å². The van der Waals surface area contributed by atoms with Gasteiger partial charge in [-0.05, 0) is 18.4 Å². The molecule has 22 heavy (non-hydrogen) atoms. The predicted octanol–water partition coefficient (Wildman–Crippen LogP) is 2.58. The Morgan fingerprint density at radius 1 is 1.27 bits per heavy atom. The van der Waals surface area contributed by atoms with Crippen LogP contribution in [-0.2, 0) is 6.54 Å².